The first-order valence-corrected chi connectivity index (χ1v) is 9.71. The Morgan fingerprint density at radius 3 is 2.25 bits per heavy atom. The smallest absolute Gasteiger partial charge is 0.356 e. The SMILES string of the molecule is Cc1cc(N2CCCCCC2)n2nc(C(F)(F)F)c(-c3ccc(Cl)cc3)c2n1. The summed E-state index contributed by atoms with van der Waals surface area (Å²) in [4.78, 5) is 6.55. The second kappa shape index (κ2) is 7.28. The minimum atomic E-state index is -4.59. The van der Waals surface area contributed by atoms with Crippen LogP contribution in [0.15, 0.2) is 30.3 Å². The van der Waals surface area contributed by atoms with Crippen LogP contribution in [-0.4, -0.2) is 27.7 Å². The Kier molecular flexibility index (Phi) is 4.95. The van der Waals surface area contributed by atoms with E-state index in [-0.39, 0.29) is 11.2 Å². The minimum absolute atomic E-state index is 0.0102. The van der Waals surface area contributed by atoms with Crippen LogP contribution in [0.5, 0.6) is 0 Å². The van der Waals surface area contributed by atoms with E-state index in [1.54, 1.807) is 31.2 Å². The molecule has 3 heterocycles. The molecule has 1 aliphatic heterocycles. The second-order valence-electron chi connectivity index (χ2n) is 7.12. The molecule has 1 saturated heterocycles. The van der Waals surface area contributed by atoms with Crippen molar-refractivity contribution < 1.29 is 13.2 Å². The summed E-state index contributed by atoms with van der Waals surface area (Å²) >= 11 is 5.92. The van der Waals surface area contributed by atoms with Gasteiger partial charge >= 0.3 is 6.18 Å². The van der Waals surface area contributed by atoms with Crippen molar-refractivity contribution in [3.05, 3.63) is 46.7 Å². The van der Waals surface area contributed by atoms with Crippen molar-refractivity contribution in [2.75, 3.05) is 18.0 Å². The molecule has 3 aromatic rings. The van der Waals surface area contributed by atoms with Crippen LogP contribution in [-0.2, 0) is 6.18 Å². The maximum atomic E-state index is 13.8. The summed E-state index contributed by atoms with van der Waals surface area (Å²) in [5, 5.41) is 4.45. The Morgan fingerprint density at radius 2 is 1.64 bits per heavy atom. The Hall–Kier alpha value is -2.28. The predicted octanol–water partition coefficient (Wildman–Crippen LogP) is 5.76. The number of halogens is 4. The molecular weight excluding hydrogens is 389 g/mol. The summed E-state index contributed by atoms with van der Waals surface area (Å²) in [5.41, 5.74) is 0.337. The third kappa shape index (κ3) is 3.55. The molecule has 1 aromatic carbocycles. The average molecular weight is 409 g/mol. The van der Waals surface area contributed by atoms with Gasteiger partial charge in [-0.25, -0.2) is 4.98 Å². The largest absolute Gasteiger partial charge is 0.435 e. The van der Waals surface area contributed by atoms with Gasteiger partial charge in [0.1, 0.15) is 5.82 Å². The van der Waals surface area contributed by atoms with Gasteiger partial charge in [-0.1, -0.05) is 36.6 Å². The molecule has 8 heteroatoms. The highest BCUT2D eigenvalue weighted by Crippen LogP contribution is 2.40. The molecule has 0 spiro atoms. The van der Waals surface area contributed by atoms with Gasteiger partial charge < -0.3 is 4.90 Å². The maximum Gasteiger partial charge on any atom is 0.435 e. The third-order valence-electron chi connectivity index (χ3n) is 5.03. The number of alkyl halides is 3. The van der Waals surface area contributed by atoms with E-state index >= 15 is 0 Å². The molecule has 0 aliphatic carbocycles. The zero-order valence-electron chi connectivity index (χ0n) is 15.4. The number of hydrogen-bond donors (Lipinski definition) is 0. The number of rotatable bonds is 2. The average Bonchev–Trinajstić information content (AvgIpc) is 2.84. The summed E-state index contributed by atoms with van der Waals surface area (Å²) in [6, 6.07) is 8.11. The van der Waals surface area contributed by atoms with E-state index in [4.69, 9.17) is 11.6 Å². The van der Waals surface area contributed by atoms with E-state index in [9.17, 15) is 13.2 Å². The molecule has 4 nitrogen and oxygen atoms in total. The van der Waals surface area contributed by atoms with Gasteiger partial charge in [0, 0.05) is 29.9 Å². The number of fused-ring (bicyclic) bond motifs is 1. The number of hydrogen-bond acceptors (Lipinski definition) is 3. The Morgan fingerprint density at radius 1 is 1.00 bits per heavy atom. The van der Waals surface area contributed by atoms with Crippen molar-refractivity contribution in [3.63, 3.8) is 0 Å². The topological polar surface area (TPSA) is 33.4 Å². The standard InChI is InChI=1S/C20H20ClF3N4/c1-13-12-16(27-10-4-2-3-5-11-27)28-19(25-13)17(18(26-28)20(22,23)24)14-6-8-15(21)9-7-14/h6-9,12H,2-5,10-11H2,1H3. The highest BCUT2D eigenvalue weighted by atomic mass is 35.5. The van der Waals surface area contributed by atoms with E-state index < -0.39 is 11.9 Å². The number of benzene rings is 1. The quantitative estimate of drug-likeness (QED) is 0.540. The fraction of sp³-hybridized carbons (Fsp3) is 0.400. The van der Waals surface area contributed by atoms with Crippen molar-refractivity contribution >= 4 is 23.1 Å². The number of anilines is 1. The van der Waals surface area contributed by atoms with E-state index in [0.29, 0.717) is 22.1 Å². The van der Waals surface area contributed by atoms with Gasteiger partial charge in [-0.15, -0.1) is 0 Å². The van der Waals surface area contributed by atoms with E-state index in [1.165, 1.54) is 4.52 Å². The molecule has 28 heavy (non-hydrogen) atoms. The molecule has 0 bridgehead atoms. The van der Waals surface area contributed by atoms with E-state index in [2.05, 4.69) is 15.0 Å². The lowest BCUT2D eigenvalue weighted by atomic mass is 10.1. The van der Waals surface area contributed by atoms with Crippen molar-refractivity contribution in [1.29, 1.82) is 0 Å². The highest BCUT2D eigenvalue weighted by molar-refractivity contribution is 6.30. The minimum Gasteiger partial charge on any atom is -0.356 e. The van der Waals surface area contributed by atoms with Gasteiger partial charge in [-0.3, -0.25) is 0 Å². The summed E-state index contributed by atoms with van der Waals surface area (Å²) in [6.07, 6.45) is -0.299. The summed E-state index contributed by atoms with van der Waals surface area (Å²) in [6.45, 7) is 3.40. The first-order chi connectivity index (χ1) is 13.3. The third-order valence-corrected chi connectivity index (χ3v) is 5.28. The van der Waals surface area contributed by atoms with Crippen LogP contribution in [0, 0.1) is 6.92 Å². The van der Waals surface area contributed by atoms with Crippen molar-refractivity contribution in [3.8, 4) is 11.1 Å². The van der Waals surface area contributed by atoms with Gasteiger partial charge in [-0.05, 0) is 37.5 Å². The lowest BCUT2D eigenvalue weighted by Gasteiger charge is -2.23. The molecule has 0 N–H and O–H groups in total. The molecule has 0 unspecified atom stereocenters. The van der Waals surface area contributed by atoms with Gasteiger partial charge in [-0.2, -0.15) is 22.8 Å². The second-order valence-corrected chi connectivity index (χ2v) is 7.56. The van der Waals surface area contributed by atoms with Crippen LogP contribution in [0.3, 0.4) is 0 Å². The lowest BCUT2D eigenvalue weighted by molar-refractivity contribution is -0.140. The van der Waals surface area contributed by atoms with Crippen molar-refractivity contribution in [1.82, 2.24) is 14.6 Å². The predicted molar refractivity (Wildman–Crippen MR) is 104 cm³/mol. The molecule has 4 rings (SSSR count). The van der Waals surface area contributed by atoms with E-state index in [1.807, 2.05) is 6.07 Å². The van der Waals surface area contributed by atoms with Crippen LogP contribution >= 0.6 is 11.6 Å². The first-order valence-electron chi connectivity index (χ1n) is 9.33. The van der Waals surface area contributed by atoms with Crippen molar-refractivity contribution in [2.24, 2.45) is 0 Å². The number of aromatic nitrogens is 3. The lowest BCUT2D eigenvalue weighted by Crippen LogP contribution is -2.26. The summed E-state index contributed by atoms with van der Waals surface area (Å²) in [5.74, 6) is 0.662. The molecule has 1 aliphatic rings. The van der Waals surface area contributed by atoms with Gasteiger partial charge in [0.25, 0.3) is 0 Å². The molecule has 1 fully saturated rings. The highest BCUT2D eigenvalue weighted by Gasteiger charge is 2.39. The molecular formula is C20H20ClF3N4. The first kappa shape index (κ1) is 19.1. The summed E-state index contributed by atoms with van der Waals surface area (Å²) in [7, 11) is 0. The van der Waals surface area contributed by atoms with Crippen molar-refractivity contribution in [2.45, 2.75) is 38.8 Å². The van der Waals surface area contributed by atoms with Crippen LogP contribution in [0.2, 0.25) is 5.02 Å². The number of aryl methyl sites for hydroxylation is 1. The van der Waals surface area contributed by atoms with Crippen LogP contribution in [0.4, 0.5) is 19.0 Å². The molecule has 148 valence electrons. The fourth-order valence-corrected chi connectivity index (χ4v) is 3.85. The molecule has 0 saturated carbocycles. The Bertz CT molecular complexity index is 987. The molecule has 0 amide bonds. The molecule has 0 radical (unpaired) electrons. The molecule has 0 atom stereocenters. The van der Waals surface area contributed by atoms with Crippen LogP contribution in [0.1, 0.15) is 37.1 Å². The van der Waals surface area contributed by atoms with E-state index in [0.717, 1.165) is 38.8 Å². The van der Waals surface area contributed by atoms with Crippen LogP contribution < -0.4 is 4.90 Å². The van der Waals surface area contributed by atoms with Gasteiger partial charge in [0.15, 0.2) is 11.3 Å². The Balaban J connectivity index is 1.98. The normalized spacial score (nSPS) is 15.8. The Labute approximate surface area is 165 Å². The van der Waals surface area contributed by atoms with Gasteiger partial charge in [0.05, 0.1) is 5.56 Å². The zero-order chi connectivity index (χ0) is 19.9. The fourth-order valence-electron chi connectivity index (χ4n) is 3.73. The molecule has 2 aromatic heterocycles. The zero-order valence-corrected chi connectivity index (χ0v) is 16.2. The number of nitrogens with zero attached hydrogens (tertiary/aromatic N) is 4. The summed E-state index contributed by atoms with van der Waals surface area (Å²) < 4.78 is 42.9. The van der Waals surface area contributed by atoms with Gasteiger partial charge in [0.2, 0.25) is 0 Å². The van der Waals surface area contributed by atoms with Crippen LogP contribution in [0.25, 0.3) is 16.8 Å². The monoisotopic (exact) mass is 408 g/mol. The maximum absolute atomic E-state index is 13.8.